The predicted molar refractivity (Wildman–Crippen MR) is 122 cm³/mol. The van der Waals surface area contributed by atoms with Crippen molar-refractivity contribution >= 4 is 33.5 Å². The van der Waals surface area contributed by atoms with Crippen molar-refractivity contribution in [3.05, 3.63) is 88.5 Å². The van der Waals surface area contributed by atoms with Crippen molar-refractivity contribution in [2.24, 2.45) is 5.10 Å². The first-order valence-corrected chi connectivity index (χ1v) is 11.3. The van der Waals surface area contributed by atoms with Crippen LogP contribution in [-0.4, -0.2) is 38.8 Å². The van der Waals surface area contributed by atoms with E-state index in [9.17, 15) is 23.3 Å². The van der Waals surface area contributed by atoms with Gasteiger partial charge >= 0.3 is 0 Å². The van der Waals surface area contributed by atoms with Gasteiger partial charge in [-0.1, -0.05) is 30.3 Å². The topological polar surface area (TPSA) is 140 Å². The van der Waals surface area contributed by atoms with Gasteiger partial charge in [0.1, 0.15) is 12.2 Å². The number of hydrazone groups is 1. The SMILES string of the molecule is O=C(CN(c1ccccc1[N+](=O)[O-])S(=O)(=O)c1ccccc1)N/N=C/c1ccc2c(c1)OCO2. The largest absolute Gasteiger partial charge is 0.454 e. The fraction of sp³-hybridized carbons (Fsp3) is 0.0909. The number of sulfonamides is 1. The Morgan fingerprint density at radius 1 is 1.06 bits per heavy atom. The van der Waals surface area contributed by atoms with Crippen LogP contribution in [-0.2, 0) is 14.8 Å². The van der Waals surface area contributed by atoms with Crippen LogP contribution >= 0.6 is 0 Å². The highest BCUT2D eigenvalue weighted by Gasteiger charge is 2.31. The van der Waals surface area contributed by atoms with E-state index >= 15 is 0 Å². The van der Waals surface area contributed by atoms with Crippen LogP contribution in [0.5, 0.6) is 11.5 Å². The van der Waals surface area contributed by atoms with Crippen LogP contribution in [0.2, 0.25) is 0 Å². The van der Waals surface area contributed by atoms with Crippen LogP contribution < -0.4 is 19.2 Å². The van der Waals surface area contributed by atoms with Gasteiger partial charge in [-0.05, 0) is 42.0 Å². The molecule has 34 heavy (non-hydrogen) atoms. The standard InChI is InChI=1S/C22H18N4O7S/c27-22(24-23-13-16-10-11-20-21(12-16)33-15-32-20)14-25(18-8-4-5-9-19(18)26(28)29)34(30,31)17-6-2-1-3-7-17/h1-13H,14-15H2,(H,24,27)/b23-13+. The molecule has 0 saturated carbocycles. The molecule has 0 aromatic heterocycles. The van der Waals surface area contributed by atoms with E-state index in [1.165, 1.54) is 54.7 Å². The summed E-state index contributed by atoms with van der Waals surface area (Å²) in [6.07, 6.45) is 1.35. The first-order valence-electron chi connectivity index (χ1n) is 9.89. The number of nitro benzene ring substituents is 1. The summed E-state index contributed by atoms with van der Waals surface area (Å²) in [5, 5.41) is 15.4. The Morgan fingerprint density at radius 3 is 2.53 bits per heavy atom. The lowest BCUT2D eigenvalue weighted by atomic mass is 10.2. The van der Waals surface area contributed by atoms with Gasteiger partial charge in [-0.25, -0.2) is 18.1 Å². The number of nitrogens with one attached hydrogen (secondary N) is 1. The highest BCUT2D eigenvalue weighted by molar-refractivity contribution is 7.92. The van der Waals surface area contributed by atoms with E-state index in [2.05, 4.69) is 10.5 Å². The number of carbonyl (C=O) groups is 1. The Kier molecular flexibility index (Phi) is 6.41. The number of anilines is 1. The molecule has 3 aromatic rings. The molecular weight excluding hydrogens is 464 g/mol. The molecule has 0 aliphatic carbocycles. The zero-order valence-electron chi connectivity index (χ0n) is 17.5. The van der Waals surface area contributed by atoms with E-state index in [4.69, 9.17) is 9.47 Å². The number of hydrogen-bond donors (Lipinski definition) is 1. The molecule has 0 unspecified atom stereocenters. The van der Waals surface area contributed by atoms with Crippen molar-refractivity contribution in [1.29, 1.82) is 0 Å². The summed E-state index contributed by atoms with van der Waals surface area (Å²) in [6.45, 7) is -0.620. The van der Waals surface area contributed by atoms with Gasteiger partial charge in [-0.3, -0.25) is 14.9 Å². The number of fused-ring (bicyclic) bond motifs is 1. The molecule has 1 aliphatic heterocycles. The van der Waals surface area contributed by atoms with Crippen molar-refractivity contribution in [3.63, 3.8) is 0 Å². The smallest absolute Gasteiger partial charge is 0.293 e. The molecule has 0 spiro atoms. The van der Waals surface area contributed by atoms with Crippen LogP contribution in [0, 0.1) is 10.1 Å². The molecule has 3 aromatic carbocycles. The summed E-state index contributed by atoms with van der Waals surface area (Å²) in [5.74, 6) is 0.328. The molecule has 1 N–H and O–H groups in total. The Morgan fingerprint density at radius 2 is 1.76 bits per heavy atom. The number of ether oxygens (including phenoxy) is 2. The number of rotatable bonds is 8. The fourth-order valence-corrected chi connectivity index (χ4v) is 4.64. The third kappa shape index (κ3) is 4.81. The van der Waals surface area contributed by atoms with Gasteiger partial charge in [0.05, 0.1) is 16.0 Å². The van der Waals surface area contributed by atoms with Gasteiger partial charge < -0.3 is 9.47 Å². The van der Waals surface area contributed by atoms with Crippen molar-refractivity contribution in [2.45, 2.75) is 4.90 Å². The van der Waals surface area contributed by atoms with E-state index in [0.29, 0.717) is 21.4 Å². The molecule has 12 heteroatoms. The molecule has 0 atom stereocenters. The molecule has 0 fully saturated rings. The van der Waals surface area contributed by atoms with E-state index in [0.717, 1.165) is 0 Å². The third-order valence-corrected chi connectivity index (χ3v) is 6.54. The zero-order chi connectivity index (χ0) is 24.1. The maximum atomic E-state index is 13.3. The van der Waals surface area contributed by atoms with Crippen LogP contribution in [0.3, 0.4) is 0 Å². The summed E-state index contributed by atoms with van der Waals surface area (Å²) >= 11 is 0. The molecule has 1 heterocycles. The Labute approximate surface area is 194 Å². The number of para-hydroxylation sites is 2. The molecule has 174 valence electrons. The molecular formula is C22H18N4O7S. The van der Waals surface area contributed by atoms with E-state index < -0.39 is 33.1 Å². The Hall–Kier alpha value is -4.45. The second-order valence-electron chi connectivity index (χ2n) is 6.98. The van der Waals surface area contributed by atoms with Crippen LogP contribution in [0.1, 0.15) is 5.56 Å². The van der Waals surface area contributed by atoms with Crippen molar-refractivity contribution < 1.29 is 27.6 Å². The fourth-order valence-electron chi connectivity index (χ4n) is 3.19. The van der Waals surface area contributed by atoms with Crippen LogP contribution in [0.25, 0.3) is 0 Å². The lowest BCUT2D eigenvalue weighted by Crippen LogP contribution is -2.39. The van der Waals surface area contributed by atoms with Crippen molar-refractivity contribution in [1.82, 2.24) is 5.43 Å². The summed E-state index contributed by atoms with van der Waals surface area (Å²) in [4.78, 5) is 23.3. The van der Waals surface area contributed by atoms with Crippen LogP contribution in [0.15, 0.2) is 82.8 Å². The van der Waals surface area contributed by atoms with Gasteiger partial charge in [0.2, 0.25) is 6.79 Å². The summed E-state index contributed by atoms with van der Waals surface area (Å²) < 4.78 is 37.8. The average Bonchev–Trinajstić information content (AvgIpc) is 3.31. The number of carbonyl (C=O) groups excluding carboxylic acids is 1. The molecule has 0 bridgehead atoms. The number of nitrogens with zero attached hydrogens (tertiary/aromatic N) is 3. The van der Waals surface area contributed by atoms with Gasteiger partial charge in [0.25, 0.3) is 21.6 Å². The molecule has 0 radical (unpaired) electrons. The molecule has 1 amide bonds. The minimum Gasteiger partial charge on any atom is -0.454 e. The highest BCUT2D eigenvalue weighted by atomic mass is 32.2. The normalized spacial score (nSPS) is 12.5. The Balaban J connectivity index is 1.58. The van der Waals surface area contributed by atoms with Gasteiger partial charge in [0.15, 0.2) is 11.5 Å². The quantitative estimate of drug-likeness (QED) is 0.296. The zero-order valence-corrected chi connectivity index (χ0v) is 18.3. The first kappa shape index (κ1) is 22.7. The summed E-state index contributed by atoms with van der Waals surface area (Å²) in [5.41, 5.74) is 2.16. The third-order valence-electron chi connectivity index (χ3n) is 4.77. The molecule has 4 rings (SSSR count). The van der Waals surface area contributed by atoms with Crippen molar-refractivity contribution in [2.75, 3.05) is 17.6 Å². The number of nitro groups is 1. The summed E-state index contributed by atoms with van der Waals surface area (Å²) in [6, 6.07) is 17.7. The molecule has 1 aliphatic rings. The predicted octanol–water partition coefficient (Wildman–Crippen LogP) is 2.67. The van der Waals surface area contributed by atoms with Gasteiger partial charge in [-0.15, -0.1) is 0 Å². The minimum absolute atomic E-state index is 0.115. The molecule has 0 saturated heterocycles. The van der Waals surface area contributed by atoms with E-state index in [1.54, 1.807) is 24.3 Å². The van der Waals surface area contributed by atoms with Crippen molar-refractivity contribution in [3.8, 4) is 11.5 Å². The minimum atomic E-state index is -4.30. The van der Waals surface area contributed by atoms with Gasteiger partial charge in [0, 0.05) is 6.07 Å². The maximum absolute atomic E-state index is 13.3. The summed E-state index contributed by atoms with van der Waals surface area (Å²) in [7, 11) is -4.30. The Bertz CT molecular complexity index is 1360. The van der Waals surface area contributed by atoms with Crippen LogP contribution in [0.4, 0.5) is 11.4 Å². The van der Waals surface area contributed by atoms with E-state index in [-0.39, 0.29) is 17.4 Å². The highest BCUT2D eigenvalue weighted by Crippen LogP contribution is 2.33. The first-order chi connectivity index (χ1) is 16.4. The lowest BCUT2D eigenvalue weighted by Gasteiger charge is -2.23. The second kappa shape index (κ2) is 9.58. The molecule has 11 nitrogen and oxygen atoms in total. The lowest BCUT2D eigenvalue weighted by molar-refractivity contribution is -0.384. The maximum Gasteiger partial charge on any atom is 0.293 e. The second-order valence-corrected chi connectivity index (χ2v) is 8.84. The number of benzene rings is 3. The monoisotopic (exact) mass is 482 g/mol. The number of amides is 1. The van der Waals surface area contributed by atoms with Gasteiger partial charge in [-0.2, -0.15) is 5.10 Å². The average molecular weight is 482 g/mol. The van der Waals surface area contributed by atoms with E-state index in [1.807, 2.05) is 0 Å². The number of hydrogen-bond acceptors (Lipinski definition) is 8.